The number of hydrogen-bond acceptors (Lipinski definition) is 6. The minimum Gasteiger partial charge on any atom is -0.472 e. The van der Waals surface area contributed by atoms with Crippen molar-refractivity contribution in [2.45, 2.75) is 69.7 Å². The third kappa shape index (κ3) is 1.51. The fourth-order valence-electron chi connectivity index (χ4n) is 7.21. The molecule has 6 aliphatic rings. The third-order valence-electron chi connectivity index (χ3n) is 8.39. The van der Waals surface area contributed by atoms with E-state index in [-0.39, 0.29) is 41.5 Å². The van der Waals surface area contributed by atoms with Crippen molar-refractivity contribution in [3.05, 3.63) is 24.2 Å². The summed E-state index contributed by atoms with van der Waals surface area (Å²) in [7, 11) is 0. The molecule has 0 radical (unpaired) electrons. The Bertz CT molecular complexity index is 771. The van der Waals surface area contributed by atoms with Gasteiger partial charge in [-0.2, -0.15) is 0 Å². The van der Waals surface area contributed by atoms with Gasteiger partial charge < -0.3 is 23.7 Å². The summed E-state index contributed by atoms with van der Waals surface area (Å²) in [5.41, 5.74) is -0.895. The van der Waals surface area contributed by atoms with Gasteiger partial charge in [-0.1, -0.05) is 6.92 Å². The van der Waals surface area contributed by atoms with Gasteiger partial charge in [0.15, 0.2) is 6.29 Å². The first-order valence-corrected chi connectivity index (χ1v) is 9.64. The summed E-state index contributed by atoms with van der Waals surface area (Å²) >= 11 is 0. The van der Waals surface area contributed by atoms with E-state index in [1.54, 1.807) is 12.5 Å². The number of furan rings is 1. The molecule has 7 rings (SSSR count). The largest absolute Gasteiger partial charge is 0.472 e. The second-order valence-electron chi connectivity index (χ2n) is 9.31. The molecule has 1 aromatic rings. The number of carbonyl (C=O) groups is 1. The summed E-state index contributed by atoms with van der Waals surface area (Å²) in [5, 5.41) is 11.7. The number of aliphatic hydroxyl groups is 1. The molecule has 0 aromatic carbocycles. The van der Waals surface area contributed by atoms with Crippen molar-refractivity contribution in [3.63, 3.8) is 0 Å². The summed E-state index contributed by atoms with van der Waals surface area (Å²) in [6.07, 6.45) is 5.10. The normalized spacial score (nSPS) is 57.0. The number of rotatable bonds is 1. The van der Waals surface area contributed by atoms with Crippen LogP contribution in [0.3, 0.4) is 0 Å². The minimum atomic E-state index is -1.03. The number of esters is 1. The minimum absolute atomic E-state index is 0.126. The van der Waals surface area contributed by atoms with Crippen LogP contribution < -0.4 is 0 Å². The van der Waals surface area contributed by atoms with Crippen LogP contribution in [0.5, 0.6) is 0 Å². The molecule has 6 nitrogen and oxygen atoms in total. The summed E-state index contributed by atoms with van der Waals surface area (Å²) in [6, 6.07) is 1.91. The molecule has 9 atom stereocenters. The molecule has 4 bridgehead atoms. The Labute approximate surface area is 151 Å². The van der Waals surface area contributed by atoms with E-state index < -0.39 is 17.3 Å². The van der Waals surface area contributed by atoms with Gasteiger partial charge in [0.2, 0.25) is 0 Å². The van der Waals surface area contributed by atoms with Gasteiger partial charge in [0.05, 0.1) is 41.7 Å². The Morgan fingerprint density at radius 2 is 2.04 bits per heavy atom. The van der Waals surface area contributed by atoms with Crippen LogP contribution in [0.15, 0.2) is 23.0 Å². The van der Waals surface area contributed by atoms with Gasteiger partial charge in [0.25, 0.3) is 0 Å². The molecule has 6 fully saturated rings. The fraction of sp³-hybridized carbons (Fsp3) is 0.750. The monoisotopic (exact) mass is 360 g/mol. The Hall–Kier alpha value is -1.37. The SMILES string of the molecule is C[C@]12[C@H]3CC[C@@H]4O[C@@H]5O[C@@H](c6ccoc6)C[C@@]53[C@](C)(O)C[C@H]1OC(=O)[C@@H]42. The van der Waals surface area contributed by atoms with Crippen LogP contribution >= 0.6 is 0 Å². The van der Waals surface area contributed by atoms with Gasteiger partial charge in [-0.15, -0.1) is 0 Å². The highest BCUT2D eigenvalue weighted by Gasteiger charge is 2.79. The van der Waals surface area contributed by atoms with Crippen LogP contribution in [0.2, 0.25) is 0 Å². The first-order chi connectivity index (χ1) is 12.4. The topological polar surface area (TPSA) is 78.1 Å². The molecule has 4 saturated heterocycles. The standard InChI is InChI=1S/C20H24O6/c1-18(22)8-14-19(2)13-4-3-11(15(19)16(21)26-14)24-17-20(13,18)7-12(25-17)10-5-6-23-9-10/h5-6,9,11-15,17,22H,3-4,7-8H2,1-2H3/t11-,12+,13+,14+,15+,17+,18+,19-,20-/m0/s1. The van der Waals surface area contributed by atoms with Crippen LogP contribution in [-0.4, -0.2) is 35.2 Å². The Balaban J connectivity index is 1.54. The van der Waals surface area contributed by atoms with Crippen LogP contribution in [-0.2, 0) is 19.0 Å². The van der Waals surface area contributed by atoms with Gasteiger partial charge in [0, 0.05) is 17.4 Å². The number of ether oxygens (including phenoxy) is 3. The van der Waals surface area contributed by atoms with Gasteiger partial charge in [-0.25, -0.2) is 0 Å². The predicted molar refractivity (Wildman–Crippen MR) is 87.7 cm³/mol. The number of fused-ring (bicyclic) bond motifs is 1. The van der Waals surface area contributed by atoms with Crippen molar-refractivity contribution in [2.75, 3.05) is 0 Å². The second kappa shape index (κ2) is 4.54. The fourth-order valence-corrected chi connectivity index (χ4v) is 7.21. The number of carbonyl (C=O) groups excluding carboxylic acids is 1. The van der Waals surface area contributed by atoms with E-state index in [0.717, 1.165) is 18.4 Å². The number of hydrogen-bond donors (Lipinski definition) is 1. The highest BCUT2D eigenvalue weighted by atomic mass is 16.7. The van der Waals surface area contributed by atoms with Crippen molar-refractivity contribution >= 4 is 5.97 Å². The molecule has 0 amide bonds. The highest BCUT2D eigenvalue weighted by Crippen LogP contribution is 2.74. The smallest absolute Gasteiger partial charge is 0.312 e. The molecule has 140 valence electrons. The Morgan fingerprint density at radius 1 is 1.19 bits per heavy atom. The first kappa shape index (κ1) is 15.7. The quantitative estimate of drug-likeness (QED) is 0.776. The van der Waals surface area contributed by atoms with E-state index in [1.807, 2.05) is 13.0 Å². The van der Waals surface area contributed by atoms with Crippen LogP contribution in [0, 0.1) is 22.7 Å². The lowest BCUT2D eigenvalue weighted by Crippen LogP contribution is -2.66. The maximum absolute atomic E-state index is 12.7. The van der Waals surface area contributed by atoms with Gasteiger partial charge in [-0.05, 0) is 38.2 Å². The molecule has 5 heterocycles. The van der Waals surface area contributed by atoms with Crippen LogP contribution in [0.4, 0.5) is 0 Å². The summed E-state index contributed by atoms with van der Waals surface area (Å²) < 4.78 is 23.9. The summed E-state index contributed by atoms with van der Waals surface area (Å²) in [4.78, 5) is 12.7. The maximum Gasteiger partial charge on any atom is 0.312 e. The van der Waals surface area contributed by atoms with E-state index in [9.17, 15) is 9.90 Å². The van der Waals surface area contributed by atoms with Gasteiger partial charge in [-0.3, -0.25) is 4.79 Å². The first-order valence-electron chi connectivity index (χ1n) is 9.64. The Kier molecular flexibility index (Phi) is 2.74. The molecule has 1 aromatic heterocycles. The molecule has 0 unspecified atom stereocenters. The van der Waals surface area contributed by atoms with Crippen molar-refractivity contribution in [3.8, 4) is 0 Å². The molecule has 1 spiro atoms. The van der Waals surface area contributed by atoms with E-state index >= 15 is 0 Å². The average molecular weight is 360 g/mol. The summed E-state index contributed by atoms with van der Waals surface area (Å²) in [5.74, 6) is -0.284. The van der Waals surface area contributed by atoms with Crippen molar-refractivity contribution in [2.24, 2.45) is 22.7 Å². The van der Waals surface area contributed by atoms with E-state index in [1.165, 1.54) is 0 Å². The zero-order valence-electron chi connectivity index (χ0n) is 15.0. The average Bonchev–Trinajstić information content (AvgIpc) is 3.24. The molecule has 6 heteroatoms. The Morgan fingerprint density at radius 3 is 2.81 bits per heavy atom. The van der Waals surface area contributed by atoms with Crippen molar-refractivity contribution in [1.29, 1.82) is 0 Å². The lowest BCUT2D eigenvalue weighted by atomic mass is 9.43. The zero-order chi connectivity index (χ0) is 17.9. The van der Waals surface area contributed by atoms with Crippen LogP contribution in [0.1, 0.15) is 51.2 Å². The molecule has 1 N–H and O–H groups in total. The maximum atomic E-state index is 12.7. The van der Waals surface area contributed by atoms with Crippen molar-refractivity contribution < 1.29 is 28.5 Å². The molecular weight excluding hydrogens is 336 g/mol. The van der Waals surface area contributed by atoms with Gasteiger partial charge >= 0.3 is 5.97 Å². The van der Waals surface area contributed by atoms with Gasteiger partial charge in [0.1, 0.15) is 6.10 Å². The molecular formula is C20H24O6. The predicted octanol–water partition coefficient (Wildman–Crippen LogP) is 2.56. The van der Waals surface area contributed by atoms with E-state index in [0.29, 0.717) is 12.8 Å². The molecule has 2 aliphatic carbocycles. The lowest BCUT2D eigenvalue weighted by molar-refractivity contribution is -0.262. The summed E-state index contributed by atoms with van der Waals surface area (Å²) in [6.45, 7) is 4.06. The van der Waals surface area contributed by atoms with Crippen LogP contribution in [0.25, 0.3) is 0 Å². The molecule has 26 heavy (non-hydrogen) atoms. The molecule has 4 aliphatic heterocycles. The highest BCUT2D eigenvalue weighted by molar-refractivity contribution is 5.77. The lowest BCUT2D eigenvalue weighted by Gasteiger charge is -2.60. The zero-order valence-corrected chi connectivity index (χ0v) is 15.0. The van der Waals surface area contributed by atoms with Crippen molar-refractivity contribution in [1.82, 2.24) is 0 Å². The molecule has 2 saturated carbocycles. The second-order valence-corrected chi connectivity index (χ2v) is 9.31. The van der Waals surface area contributed by atoms with E-state index in [2.05, 4.69) is 6.92 Å². The third-order valence-corrected chi connectivity index (χ3v) is 8.39. The van der Waals surface area contributed by atoms with E-state index in [4.69, 9.17) is 18.6 Å².